The lowest BCUT2D eigenvalue weighted by Gasteiger charge is -2.13. The average molecular weight is 328 g/mol. The Kier molecular flexibility index (Phi) is 4.76. The van der Waals surface area contributed by atoms with Crippen LogP contribution in [0.1, 0.15) is 28.4 Å². The van der Waals surface area contributed by atoms with Crippen LogP contribution in [0.2, 0.25) is 5.02 Å². The number of nitrogens with one attached hydrogen (secondary N) is 1. The van der Waals surface area contributed by atoms with Crippen LogP contribution in [-0.4, -0.2) is 5.78 Å². The second-order valence-electron chi connectivity index (χ2n) is 4.79. The lowest BCUT2D eigenvalue weighted by molar-refractivity contribution is -0.137. The van der Waals surface area contributed by atoms with E-state index >= 15 is 0 Å². The zero-order valence-corrected chi connectivity index (χ0v) is 12.4. The van der Waals surface area contributed by atoms with Gasteiger partial charge in [0.1, 0.15) is 0 Å². The molecule has 0 spiro atoms. The first kappa shape index (κ1) is 16.4. The van der Waals surface area contributed by atoms with Crippen LogP contribution in [0.15, 0.2) is 42.5 Å². The van der Waals surface area contributed by atoms with Crippen molar-refractivity contribution in [2.75, 3.05) is 5.32 Å². The van der Waals surface area contributed by atoms with Gasteiger partial charge in [0.2, 0.25) is 0 Å². The van der Waals surface area contributed by atoms with E-state index in [2.05, 4.69) is 5.32 Å². The van der Waals surface area contributed by atoms with Gasteiger partial charge in [0.15, 0.2) is 5.78 Å². The number of rotatable bonds is 4. The molecule has 2 aromatic rings. The van der Waals surface area contributed by atoms with Crippen molar-refractivity contribution in [3.8, 4) is 0 Å². The average Bonchev–Trinajstić information content (AvgIpc) is 2.45. The van der Waals surface area contributed by atoms with Crippen LogP contribution in [0.25, 0.3) is 0 Å². The Hall–Kier alpha value is -2.01. The molecule has 0 saturated carbocycles. The normalized spacial score (nSPS) is 11.3. The number of hydrogen-bond acceptors (Lipinski definition) is 2. The van der Waals surface area contributed by atoms with Crippen molar-refractivity contribution < 1.29 is 18.0 Å². The first-order valence-electron chi connectivity index (χ1n) is 6.48. The Morgan fingerprint density at radius 2 is 1.77 bits per heavy atom. The van der Waals surface area contributed by atoms with E-state index in [0.29, 0.717) is 17.3 Å². The summed E-state index contributed by atoms with van der Waals surface area (Å²) in [5, 5.41) is 3.58. The van der Waals surface area contributed by atoms with E-state index in [4.69, 9.17) is 11.6 Å². The van der Waals surface area contributed by atoms with Crippen molar-refractivity contribution in [3.05, 3.63) is 64.2 Å². The standard InChI is InChI=1S/C16H13ClF3NO/c1-10(22)14-8-12(16(18,19)20)4-7-15(14)21-9-11-2-5-13(17)6-3-11/h2-8,21H,9H2,1H3. The smallest absolute Gasteiger partial charge is 0.380 e. The van der Waals surface area contributed by atoms with Gasteiger partial charge in [-0.1, -0.05) is 23.7 Å². The first-order chi connectivity index (χ1) is 10.3. The van der Waals surface area contributed by atoms with E-state index in [1.165, 1.54) is 13.0 Å². The predicted octanol–water partition coefficient (Wildman–Crippen LogP) is 5.17. The highest BCUT2D eigenvalue weighted by Crippen LogP contribution is 2.32. The SMILES string of the molecule is CC(=O)c1cc(C(F)(F)F)ccc1NCc1ccc(Cl)cc1. The Bertz CT molecular complexity index is 681. The van der Waals surface area contributed by atoms with Gasteiger partial charge in [0.25, 0.3) is 0 Å². The number of hydrogen-bond donors (Lipinski definition) is 1. The van der Waals surface area contributed by atoms with E-state index in [1.807, 2.05) is 0 Å². The largest absolute Gasteiger partial charge is 0.416 e. The molecule has 22 heavy (non-hydrogen) atoms. The quantitative estimate of drug-likeness (QED) is 0.784. The summed E-state index contributed by atoms with van der Waals surface area (Å²) in [5.74, 6) is -0.426. The highest BCUT2D eigenvalue weighted by Gasteiger charge is 2.31. The molecular weight excluding hydrogens is 315 g/mol. The summed E-state index contributed by atoms with van der Waals surface area (Å²) in [5.41, 5.74) is 0.452. The van der Waals surface area contributed by atoms with E-state index in [1.54, 1.807) is 24.3 Å². The molecule has 0 aromatic heterocycles. The number of Topliss-reactive ketones (excluding diaryl/α,β-unsaturated/α-hetero) is 1. The van der Waals surface area contributed by atoms with E-state index < -0.39 is 17.5 Å². The molecule has 0 heterocycles. The van der Waals surface area contributed by atoms with Crippen LogP contribution in [0, 0.1) is 0 Å². The third kappa shape index (κ3) is 4.01. The van der Waals surface area contributed by atoms with Gasteiger partial charge in [0.05, 0.1) is 5.56 Å². The van der Waals surface area contributed by atoms with Crippen LogP contribution in [0.4, 0.5) is 18.9 Å². The molecular formula is C16H13ClF3NO. The molecule has 1 N–H and O–H groups in total. The summed E-state index contributed by atoms with van der Waals surface area (Å²) in [6, 6.07) is 10.1. The fourth-order valence-corrected chi connectivity index (χ4v) is 2.09. The molecule has 6 heteroatoms. The molecule has 0 aliphatic carbocycles. The van der Waals surface area contributed by atoms with E-state index in [-0.39, 0.29) is 5.56 Å². The minimum absolute atomic E-state index is 0.0174. The molecule has 0 bridgehead atoms. The third-order valence-electron chi connectivity index (χ3n) is 3.12. The summed E-state index contributed by atoms with van der Waals surface area (Å²) in [6.07, 6.45) is -4.47. The van der Waals surface area contributed by atoms with Crippen LogP contribution < -0.4 is 5.32 Å². The number of carbonyl (C=O) groups excluding carboxylic acids is 1. The fraction of sp³-hybridized carbons (Fsp3) is 0.188. The predicted molar refractivity (Wildman–Crippen MR) is 80.2 cm³/mol. The lowest BCUT2D eigenvalue weighted by Crippen LogP contribution is -2.10. The summed E-state index contributed by atoms with van der Waals surface area (Å²) in [7, 11) is 0. The summed E-state index contributed by atoms with van der Waals surface area (Å²) in [4.78, 5) is 11.6. The number of anilines is 1. The summed E-state index contributed by atoms with van der Waals surface area (Å²) < 4.78 is 38.1. The van der Waals surface area contributed by atoms with Gasteiger partial charge in [-0.15, -0.1) is 0 Å². The first-order valence-corrected chi connectivity index (χ1v) is 6.85. The Balaban J connectivity index is 2.23. The zero-order chi connectivity index (χ0) is 16.3. The van der Waals surface area contributed by atoms with Gasteiger partial charge >= 0.3 is 6.18 Å². The topological polar surface area (TPSA) is 29.1 Å². The Morgan fingerprint density at radius 1 is 1.14 bits per heavy atom. The molecule has 0 saturated heterocycles. The van der Waals surface area contributed by atoms with Crippen molar-refractivity contribution in [1.29, 1.82) is 0 Å². The van der Waals surface area contributed by atoms with Gasteiger partial charge < -0.3 is 5.32 Å². The molecule has 0 amide bonds. The molecule has 2 aromatic carbocycles. The molecule has 2 nitrogen and oxygen atoms in total. The van der Waals surface area contributed by atoms with Crippen LogP contribution in [-0.2, 0) is 12.7 Å². The van der Waals surface area contributed by atoms with Crippen molar-refractivity contribution in [1.82, 2.24) is 0 Å². The Labute approximate surface area is 130 Å². The molecule has 0 aliphatic rings. The summed E-state index contributed by atoms with van der Waals surface area (Å²) >= 11 is 5.78. The molecule has 0 fully saturated rings. The van der Waals surface area contributed by atoms with Gasteiger partial charge in [-0.25, -0.2) is 0 Å². The highest BCUT2D eigenvalue weighted by molar-refractivity contribution is 6.30. The maximum atomic E-state index is 12.7. The number of alkyl halides is 3. The number of carbonyl (C=O) groups is 1. The molecule has 0 unspecified atom stereocenters. The van der Waals surface area contributed by atoms with Gasteiger partial charge in [0, 0.05) is 22.8 Å². The lowest BCUT2D eigenvalue weighted by atomic mass is 10.0. The van der Waals surface area contributed by atoms with Crippen LogP contribution >= 0.6 is 11.6 Å². The number of ketones is 1. The number of benzene rings is 2. The molecule has 116 valence electrons. The second-order valence-corrected chi connectivity index (χ2v) is 5.23. The molecule has 0 radical (unpaired) electrons. The zero-order valence-electron chi connectivity index (χ0n) is 11.7. The second kappa shape index (κ2) is 6.40. The van der Waals surface area contributed by atoms with Crippen molar-refractivity contribution in [3.63, 3.8) is 0 Å². The van der Waals surface area contributed by atoms with Crippen molar-refractivity contribution in [2.24, 2.45) is 0 Å². The van der Waals surface area contributed by atoms with Gasteiger partial charge in [-0.05, 0) is 42.8 Å². The molecule has 2 rings (SSSR count). The van der Waals surface area contributed by atoms with Crippen LogP contribution in [0.5, 0.6) is 0 Å². The van der Waals surface area contributed by atoms with Crippen LogP contribution in [0.3, 0.4) is 0 Å². The maximum Gasteiger partial charge on any atom is 0.416 e. The monoisotopic (exact) mass is 327 g/mol. The Morgan fingerprint density at radius 3 is 2.32 bits per heavy atom. The van der Waals surface area contributed by atoms with E-state index in [9.17, 15) is 18.0 Å². The summed E-state index contributed by atoms with van der Waals surface area (Å²) in [6.45, 7) is 1.62. The van der Waals surface area contributed by atoms with E-state index in [0.717, 1.165) is 17.7 Å². The fourth-order valence-electron chi connectivity index (χ4n) is 1.97. The minimum atomic E-state index is -4.47. The minimum Gasteiger partial charge on any atom is -0.380 e. The van der Waals surface area contributed by atoms with Crippen molar-refractivity contribution in [2.45, 2.75) is 19.6 Å². The van der Waals surface area contributed by atoms with Crippen molar-refractivity contribution >= 4 is 23.1 Å². The molecule has 0 aliphatic heterocycles. The highest BCUT2D eigenvalue weighted by atomic mass is 35.5. The maximum absolute atomic E-state index is 12.7. The van der Waals surface area contributed by atoms with Gasteiger partial charge in [-0.3, -0.25) is 4.79 Å². The molecule has 0 atom stereocenters. The third-order valence-corrected chi connectivity index (χ3v) is 3.37. The van der Waals surface area contributed by atoms with Gasteiger partial charge in [-0.2, -0.15) is 13.2 Å². The number of halogens is 4.